The molecule has 1 aromatic rings. The highest BCUT2D eigenvalue weighted by atomic mass is 32.2. The summed E-state index contributed by atoms with van der Waals surface area (Å²) in [6, 6.07) is 2.47. The van der Waals surface area contributed by atoms with Crippen LogP contribution in [0.1, 0.15) is 40.5 Å². The van der Waals surface area contributed by atoms with Crippen molar-refractivity contribution in [3.63, 3.8) is 0 Å². The van der Waals surface area contributed by atoms with Crippen LogP contribution >= 0.6 is 11.8 Å². The molecule has 0 atom stereocenters. The van der Waals surface area contributed by atoms with Gasteiger partial charge in [-0.1, -0.05) is 27.7 Å². The number of halogens is 2. The van der Waals surface area contributed by atoms with Gasteiger partial charge in [0.25, 0.3) is 0 Å². The van der Waals surface area contributed by atoms with Gasteiger partial charge in [-0.2, -0.15) is 11.8 Å². The van der Waals surface area contributed by atoms with Gasteiger partial charge in [-0.15, -0.1) is 0 Å². The molecule has 0 aliphatic carbocycles. The molecule has 0 radical (unpaired) electrons. The number of anilines is 1. The number of hydrogen-bond donors (Lipinski definition) is 1. The molecular formula is C19H32F2N2OS. The Bertz CT molecular complexity index is 491. The molecule has 1 aromatic carbocycles. The highest BCUT2D eigenvalue weighted by molar-refractivity contribution is 7.99. The van der Waals surface area contributed by atoms with Gasteiger partial charge in [-0.3, -0.25) is 0 Å². The lowest BCUT2D eigenvalue weighted by atomic mass is 10.2. The molecule has 2 aliphatic rings. The third kappa shape index (κ3) is 6.66. The lowest BCUT2D eigenvalue weighted by molar-refractivity contribution is 0.184. The standard InChI is InChI=1S/C15H20F2N2OS.2C2H6/c16-12-9-13(17)15(20-11-1-7-21-8-2-11)10-14(12)19-5-3-18-4-6-19;2*1-2/h9-11,18H,1-8H2;2*1-2H3. The van der Waals surface area contributed by atoms with Crippen LogP contribution in [0.3, 0.4) is 0 Å². The Hall–Kier alpha value is -1.01. The van der Waals surface area contributed by atoms with Crippen molar-refractivity contribution in [2.45, 2.75) is 46.6 Å². The monoisotopic (exact) mass is 374 g/mol. The molecule has 0 aromatic heterocycles. The predicted octanol–water partition coefficient (Wildman–Crippen LogP) is 4.70. The van der Waals surface area contributed by atoms with Gasteiger partial charge >= 0.3 is 0 Å². The first-order valence-electron chi connectivity index (χ1n) is 9.43. The number of rotatable bonds is 3. The second-order valence-corrected chi connectivity index (χ2v) is 6.63. The molecule has 25 heavy (non-hydrogen) atoms. The minimum atomic E-state index is -0.607. The molecule has 0 saturated carbocycles. The number of benzene rings is 1. The summed E-state index contributed by atoms with van der Waals surface area (Å²) in [5, 5.41) is 3.22. The van der Waals surface area contributed by atoms with E-state index in [2.05, 4.69) is 5.32 Å². The summed E-state index contributed by atoms with van der Waals surface area (Å²) in [5.74, 6) is 1.14. The summed E-state index contributed by atoms with van der Waals surface area (Å²) in [6.45, 7) is 11.1. The maximum absolute atomic E-state index is 14.0. The van der Waals surface area contributed by atoms with E-state index in [1.807, 2.05) is 44.4 Å². The topological polar surface area (TPSA) is 24.5 Å². The van der Waals surface area contributed by atoms with Crippen LogP contribution in [0.15, 0.2) is 12.1 Å². The van der Waals surface area contributed by atoms with Gasteiger partial charge in [0, 0.05) is 38.3 Å². The molecule has 0 amide bonds. The van der Waals surface area contributed by atoms with Crippen molar-refractivity contribution in [3.8, 4) is 5.75 Å². The summed E-state index contributed by atoms with van der Waals surface area (Å²) in [7, 11) is 0. The minimum Gasteiger partial charge on any atom is -0.487 e. The van der Waals surface area contributed by atoms with Gasteiger partial charge in [0.1, 0.15) is 11.9 Å². The number of nitrogens with zero attached hydrogens (tertiary/aromatic N) is 1. The van der Waals surface area contributed by atoms with Crippen molar-refractivity contribution < 1.29 is 13.5 Å². The van der Waals surface area contributed by atoms with E-state index in [0.29, 0.717) is 5.69 Å². The molecule has 0 spiro atoms. The molecule has 2 heterocycles. The maximum Gasteiger partial charge on any atom is 0.168 e. The van der Waals surface area contributed by atoms with Crippen LogP contribution in [0.5, 0.6) is 5.75 Å². The molecular weight excluding hydrogens is 342 g/mol. The third-order valence-corrected chi connectivity index (χ3v) is 4.97. The Balaban J connectivity index is 0.000000730. The zero-order valence-electron chi connectivity index (χ0n) is 15.9. The molecule has 144 valence electrons. The quantitative estimate of drug-likeness (QED) is 0.829. The molecule has 1 N–H and O–H groups in total. The van der Waals surface area contributed by atoms with Crippen LogP contribution in [0.25, 0.3) is 0 Å². The summed E-state index contributed by atoms with van der Waals surface area (Å²) in [6.07, 6.45) is 1.89. The van der Waals surface area contributed by atoms with Crippen LogP contribution in [-0.4, -0.2) is 43.8 Å². The molecule has 3 rings (SSSR count). The fraction of sp³-hybridized carbons (Fsp3) is 0.684. The van der Waals surface area contributed by atoms with Crippen molar-refractivity contribution in [2.24, 2.45) is 0 Å². The Morgan fingerprint density at radius 1 is 1.00 bits per heavy atom. The average molecular weight is 375 g/mol. The predicted molar refractivity (Wildman–Crippen MR) is 105 cm³/mol. The van der Waals surface area contributed by atoms with Gasteiger partial charge < -0.3 is 15.0 Å². The largest absolute Gasteiger partial charge is 0.487 e. The number of hydrogen-bond acceptors (Lipinski definition) is 4. The van der Waals surface area contributed by atoms with Gasteiger partial charge in [0.2, 0.25) is 0 Å². The van der Waals surface area contributed by atoms with E-state index in [9.17, 15) is 8.78 Å². The fourth-order valence-corrected chi connectivity index (χ4v) is 3.79. The van der Waals surface area contributed by atoms with Crippen LogP contribution in [0.2, 0.25) is 0 Å². The van der Waals surface area contributed by atoms with Crippen molar-refractivity contribution in [2.75, 3.05) is 42.6 Å². The van der Waals surface area contributed by atoms with Gasteiger partial charge in [0.05, 0.1) is 5.69 Å². The number of ether oxygens (including phenoxy) is 1. The van der Waals surface area contributed by atoms with E-state index in [1.54, 1.807) is 0 Å². The molecule has 2 aliphatic heterocycles. The van der Waals surface area contributed by atoms with Crippen LogP contribution in [0, 0.1) is 11.6 Å². The van der Waals surface area contributed by atoms with Crippen molar-refractivity contribution in [1.29, 1.82) is 0 Å². The van der Waals surface area contributed by atoms with E-state index < -0.39 is 11.6 Å². The zero-order chi connectivity index (χ0) is 18.7. The number of thioether (sulfide) groups is 1. The normalized spacial score (nSPS) is 17.8. The van der Waals surface area contributed by atoms with E-state index in [0.717, 1.165) is 56.6 Å². The van der Waals surface area contributed by atoms with Crippen LogP contribution in [0.4, 0.5) is 14.5 Å². The van der Waals surface area contributed by atoms with E-state index in [4.69, 9.17) is 4.74 Å². The molecule has 0 bridgehead atoms. The first kappa shape index (κ1) is 22.0. The zero-order valence-corrected chi connectivity index (χ0v) is 16.7. The van der Waals surface area contributed by atoms with Crippen molar-refractivity contribution >= 4 is 17.4 Å². The first-order chi connectivity index (χ1) is 12.2. The number of nitrogens with one attached hydrogen (secondary N) is 1. The van der Waals surface area contributed by atoms with Crippen LogP contribution < -0.4 is 15.0 Å². The highest BCUT2D eigenvalue weighted by Crippen LogP contribution is 2.31. The maximum atomic E-state index is 14.0. The Morgan fingerprint density at radius 3 is 2.20 bits per heavy atom. The molecule has 6 heteroatoms. The molecule has 3 nitrogen and oxygen atoms in total. The van der Waals surface area contributed by atoms with Crippen molar-refractivity contribution in [1.82, 2.24) is 5.32 Å². The summed E-state index contributed by atoms with van der Waals surface area (Å²) >= 11 is 1.89. The van der Waals surface area contributed by atoms with E-state index in [1.165, 1.54) is 6.07 Å². The van der Waals surface area contributed by atoms with E-state index >= 15 is 0 Å². The first-order valence-corrected chi connectivity index (χ1v) is 10.6. The summed E-state index contributed by atoms with van der Waals surface area (Å²) in [4.78, 5) is 1.94. The molecule has 0 unspecified atom stereocenters. The van der Waals surface area contributed by atoms with Crippen LogP contribution in [-0.2, 0) is 0 Å². The highest BCUT2D eigenvalue weighted by Gasteiger charge is 2.21. The molecule has 2 fully saturated rings. The Morgan fingerprint density at radius 2 is 1.60 bits per heavy atom. The lowest BCUT2D eigenvalue weighted by Gasteiger charge is -2.30. The van der Waals surface area contributed by atoms with Gasteiger partial charge in [-0.25, -0.2) is 8.78 Å². The average Bonchev–Trinajstić information content (AvgIpc) is 2.69. The van der Waals surface area contributed by atoms with Crippen molar-refractivity contribution in [3.05, 3.63) is 23.8 Å². The smallest absolute Gasteiger partial charge is 0.168 e. The van der Waals surface area contributed by atoms with Gasteiger partial charge in [0.15, 0.2) is 11.6 Å². The third-order valence-electron chi connectivity index (χ3n) is 3.92. The minimum absolute atomic E-state index is 0.0436. The lowest BCUT2D eigenvalue weighted by Crippen LogP contribution is -2.43. The SMILES string of the molecule is CC.CC.Fc1cc(F)c(N2CCNCC2)cc1OC1CCSCC1. The second kappa shape index (κ2) is 12.4. The summed E-state index contributed by atoms with van der Waals surface area (Å²) < 4.78 is 33.8. The van der Waals surface area contributed by atoms with E-state index in [-0.39, 0.29) is 11.9 Å². The Kier molecular flexibility index (Phi) is 10.9. The molecule has 2 saturated heterocycles. The Labute approximate surface area is 155 Å². The fourth-order valence-electron chi connectivity index (χ4n) is 2.73. The number of piperazine rings is 1. The summed E-state index contributed by atoms with van der Waals surface area (Å²) in [5.41, 5.74) is 0.443. The van der Waals surface area contributed by atoms with Gasteiger partial charge in [-0.05, 0) is 24.3 Å². The second-order valence-electron chi connectivity index (χ2n) is 5.40.